The Bertz CT molecular complexity index is 544. The number of carbonyl (C=O) groups is 1. The lowest BCUT2D eigenvalue weighted by Crippen LogP contribution is -2.31. The van der Waals surface area contributed by atoms with Crippen LogP contribution >= 0.6 is 15.9 Å². The zero-order valence-electron chi connectivity index (χ0n) is 12.2. The summed E-state index contributed by atoms with van der Waals surface area (Å²) in [5.74, 6) is -1.48. The van der Waals surface area contributed by atoms with Crippen LogP contribution in [0.1, 0.15) is 37.6 Å². The zero-order valence-corrected chi connectivity index (χ0v) is 13.7. The topological polar surface area (TPSA) is 72.2 Å². The Morgan fingerprint density at radius 1 is 1.48 bits per heavy atom. The molecule has 1 N–H and O–H groups in total. The van der Waals surface area contributed by atoms with Gasteiger partial charge in [0.2, 0.25) is 0 Å². The average Bonchev–Trinajstić information content (AvgIpc) is 2.33. The quantitative estimate of drug-likeness (QED) is 0.494. The molecule has 1 amide bonds. The van der Waals surface area contributed by atoms with E-state index in [9.17, 15) is 19.3 Å². The van der Waals surface area contributed by atoms with Crippen molar-refractivity contribution in [1.29, 1.82) is 0 Å². The molecule has 0 aromatic heterocycles. The number of nitro benzene ring substituents is 1. The predicted molar refractivity (Wildman–Crippen MR) is 82.2 cm³/mol. The number of nitrogens with one attached hydrogen (secondary N) is 1. The van der Waals surface area contributed by atoms with Crippen molar-refractivity contribution in [1.82, 2.24) is 5.32 Å². The number of non-ortho nitro benzene ring substituents is 1. The molecule has 116 valence electrons. The molecule has 0 aliphatic carbocycles. The summed E-state index contributed by atoms with van der Waals surface area (Å²) in [5, 5.41) is 13.1. The molecule has 1 unspecified atom stereocenters. The molecule has 1 atom stereocenters. The van der Waals surface area contributed by atoms with Gasteiger partial charge >= 0.3 is 0 Å². The second-order valence-corrected chi connectivity index (χ2v) is 7.29. The van der Waals surface area contributed by atoms with Crippen LogP contribution in [-0.4, -0.2) is 22.2 Å². The minimum Gasteiger partial charge on any atom is -0.351 e. The number of benzene rings is 1. The van der Waals surface area contributed by atoms with Gasteiger partial charge in [0.1, 0.15) is 5.82 Å². The standard InChI is InChI=1S/C14H18BrFN2O3/c1-14(2,3)7-9(15)8-17-13(19)11-5-4-10(18(20)21)6-12(11)16/h4-6,9H,7-8H2,1-3H3,(H,17,19). The van der Waals surface area contributed by atoms with Crippen molar-refractivity contribution in [2.45, 2.75) is 32.0 Å². The highest BCUT2D eigenvalue weighted by Gasteiger charge is 2.19. The molecular formula is C14H18BrFN2O3. The van der Waals surface area contributed by atoms with Crippen molar-refractivity contribution < 1.29 is 14.1 Å². The number of halogens is 2. The molecule has 0 aliphatic rings. The fourth-order valence-electron chi connectivity index (χ4n) is 1.84. The van der Waals surface area contributed by atoms with Crippen LogP contribution in [0.5, 0.6) is 0 Å². The number of alkyl halides is 1. The minimum atomic E-state index is -0.899. The summed E-state index contributed by atoms with van der Waals surface area (Å²) in [6.07, 6.45) is 0.843. The first-order valence-electron chi connectivity index (χ1n) is 6.46. The predicted octanol–water partition coefficient (Wildman–Crippen LogP) is 3.66. The van der Waals surface area contributed by atoms with Crippen molar-refractivity contribution in [3.8, 4) is 0 Å². The van der Waals surface area contributed by atoms with Gasteiger partial charge in [0.05, 0.1) is 16.6 Å². The summed E-state index contributed by atoms with van der Waals surface area (Å²) >= 11 is 3.47. The maximum Gasteiger partial charge on any atom is 0.272 e. The average molecular weight is 361 g/mol. The SMILES string of the molecule is CC(C)(C)CC(Br)CNC(=O)c1ccc([N+](=O)[O-])cc1F. The van der Waals surface area contributed by atoms with E-state index in [2.05, 4.69) is 42.0 Å². The van der Waals surface area contributed by atoms with E-state index < -0.39 is 16.6 Å². The second kappa shape index (κ2) is 6.98. The van der Waals surface area contributed by atoms with E-state index >= 15 is 0 Å². The Balaban J connectivity index is 2.66. The lowest BCUT2D eigenvalue weighted by Gasteiger charge is -2.22. The van der Waals surface area contributed by atoms with Crippen molar-refractivity contribution in [2.24, 2.45) is 5.41 Å². The van der Waals surface area contributed by atoms with Gasteiger partial charge in [-0.2, -0.15) is 0 Å². The van der Waals surface area contributed by atoms with Crippen molar-refractivity contribution >= 4 is 27.5 Å². The molecule has 0 aliphatic heterocycles. The molecule has 7 heteroatoms. The highest BCUT2D eigenvalue weighted by molar-refractivity contribution is 9.09. The van der Waals surface area contributed by atoms with Crippen LogP contribution in [0.4, 0.5) is 10.1 Å². The first-order valence-corrected chi connectivity index (χ1v) is 7.38. The second-order valence-electron chi connectivity index (χ2n) is 5.99. The Morgan fingerprint density at radius 3 is 2.57 bits per heavy atom. The molecule has 0 fully saturated rings. The van der Waals surface area contributed by atoms with Gasteiger partial charge in [-0.1, -0.05) is 36.7 Å². The van der Waals surface area contributed by atoms with Crippen molar-refractivity contribution in [3.05, 3.63) is 39.7 Å². The first kappa shape index (κ1) is 17.6. The molecular weight excluding hydrogens is 343 g/mol. The first-order chi connectivity index (χ1) is 9.60. The molecule has 0 bridgehead atoms. The van der Waals surface area contributed by atoms with E-state index in [-0.39, 0.29) is 21.5 Å². The van der Waals surface area contributed by atoms with E-state index in [4.69, 9.17) is 0 Å². The van der Waals surface area contributed by atoms with E-state index in [1.807, 2.05) is 0 Å². The molecule has 0 heterocycles. The number of nitrogens with zero attached hydrogens (tertiary/aromatic N) is 1. The number of nitro groups is 1. The van der Waals surface area contributed by atoms with Gasteiger partial charge in [-0.15, -0.1) is 0 Å². The fourth-order valence-corrected chi connectivity index (χ4v) is 2.97. The van der Waals surface area contributed by atoms with Crippen LogP contribution < -0.4 is 5.32 Å². The summed E-state index contributed by atoms with van der Waals surface area (Å²) < 4.78 is 13.7. The van der Waals surface area contributed by atoms with Crippen LogP contribution in [-0.2, 0) is 0 Å². The van der Waals surface area contributed by atoms with Crippen molar-refractivity contribution in [2.75, 3.05) is 6.54 Å². The van der Waals surface area contributed by atoms with E-state index in [0.29, 0.717) is 6.54 Å². The van der Waals surface area contributed by atoms with Crippen LogP contribution in [0, 0.1) is 21.3 Å². The van der Waals surface area contributed by atoms with Crippen LogP contribution in [0.3, 0.4) is 0 Å². The Kier molecular flexibility index (Phi) is 5.83. The van der Waals surface area contributed by atoms with Gasteiger partial charge in [-0.3, -0.25) is 14.9 Å². The fraction of sp³-hybridized carbons (Fsp3) is 0.500. The minimum absolute atomic E-state index is 0.0718. The Morgan fingerprint density at radius 2 is 2.10 bits per heavy atom. The molecule has 0 saturated heterocycles. The van der Waals surface area contributed by atoms with Crippen LogP contribution in [0.2, 0.25) is 0 Å². The van der Waals surface area contributed by atoms with Gasteiger partial charge in [0.25, 0.3) is 11.6 Å². The third-order valence-corrected chi connectivity index (χ3v) is 3.37. The third kappa shape index (κ3) is 5.79. The molecule has 0 radical (unpaired) electrons. The lowest BCUT2D eigenvalue weighted by molar-refractivity contribution is -0.385. The Hall–Kier alpha value is -1.50. The van der Waals surface area contributed by atoms with E-state index in [1.165, 1.54) is 0 Å². The molecule has 1 aromatic carbocycles. The van der Waals surface area contributed by atoms with Gasteiger partial charge in [-0.05, 0) is 17.9 Å². The molecule has 0 spiro atoms. The maximum atomic E-state index is 13.7. The highest BCUT2D eigenvalue weighted by atomic mass is 79.9. The van der Waals surface area contributed by atoms with E-state index in [1.54, 1.807) is 0 Å². The normalized spacial score (nSPS) is 12.8. The summed E-state index contributed by atoms with van der Waals surface area (Å²) in [6, 6.07) is 2.98. The number of rotatable bonds is 5. The smallest absolute Gasteiger partial charge is 0.272 e. The Labute approximate surface area is 131 Å². The molecule has 5 nitrogen and oxygen atoms in total. The number of carbonyl (C=O) groups excluding carboxylic acids is 1. The number of hydrogen-bond acceptors (Lipinski definition) is 3. The highest BCUT2D eigenvalue weighted by Crippen LogP contribution is 2.24. The number of hydrogen-bond donors (Lipinski definition) is 1. The van der Waals surface area contributed by atoms with Gasteiger partial charge in [0, 0.05) is 17.4 Å². The van der Waals surface area contributed by atoms with Gasteiger partial charge in [-0.25, -0.2) is 4.39 Å². The monoisotopic (exact) mass is 360 g/mol. The summed E-state index contributed by atoms with van der Waals surface area (Å²) in [4.78, 5) is 21.8. The number of amides is 1. The largest absolute Gasteiger partial charge is 0.351 e. The van der Waals surface area contributed by atoms with Crippen LogP contribution in [0.15, 0.2) is 18.2 Å². The third-order valence-electron chi connectivity index (χ3n) is 2.73. The van der Waals surface area contributed by atoms with Gasteiger partial charge in [0.15, 0.2) is 0 Å². The van der Waals surface area contributed by atoms with Gasteiger partial charge < -0.3 is 5.32 Å². The van der Waals surface area contributed by atoms with E-state index in [0.717, 1.165) is 24.6 Å². The summed E-state index contributed by atoms with van der Waals surface area (Å²) in [6.45, 7) is 6.60. The van der Waals surface area contributed by atoms with Crippen molar-refractivity contribution in [3.63, 3.8) is 0 Å². The van der Waals surface area contributed by atoms with Crippen LogP contribution in [0.25, 0.3) is 0 Å². The molecule has 1 rings (SSSR count). The maximum absolute atomic E-state index is 13.7. The molecule has 0 saturated carbocycles. The summed E-state index contributed by atoms with van der Waals surface area (Å²) in [5.41, 5.74) is -0.469. The zero-order chi connectivity index (χ0) is 16.2. The lowest BCUT2D eigenvalue weighted by atomic mass is 9.90. The summed E-state index contributed by atoms with van der Waals surface area (Å²) in [7, 11) is 0. The molecule has 21 heavy (non-hydrogen) atoms. The molecule has 1 aromatic rings.